The summed E-state index contributed by atoms with van der Waals surface area (Å²) in [7, 11) is 0. The highest BCUT2D eigenvalue weighted by Crippen LogP contribution is 2.27. The Morgan fingerprint density at radius 3 is 3.10 bits per heavy atom. The Kier molecular flexibility index (Phi) is 5.53. The van der Waals surface area contributed by atoms with E-state index < -0.39 is 5.82 Å². The maximum absolute atomic E-state index is 14.0. The standard InChI is InChI=1S/C20H17ClFN5O3/c1-11(24-20(28)19-14-10-29-5-3-18(14)30-26-19)9-27-4-2-17(25-27)12-6-15(21)13(8-23)16(22)7-12/h2,4,6-7,11H,3,5,9-10H2,1H3,(H,24,28). The highest BCUT2D eigenvalue weighted by Gasteiger charge is 2.25. The van der Waals surface area contributed by atoms with Crippen molar-refractivity contribution in [3.05, 3.63) is 57.8 Å². The minimum Gasteiger partial charge on any atom is -0.376 e. The Labute approximate surface area is 176 Å². The second-order valence-corrected chi connectivity index (χ2v) is 7.37. The van der Waals surface area contributed by atoms with Crippen LogP contribution < -0.4 is 5.32 Å². The van der Waals surface area contributed by atoms with Crippen LogP contribution in [0, 0.1) is 17.1 Å². The zero-order valence-corrected chi connectivity index (χ0v) is 16.7. The Morgan fingerprint density at radius 1 is 1.50 bits per heavy atom. The number of aromatic nitrogens is 3. The largest absolute Gasteiger partial charge is 0.376 e. The second kappa shape index (κ2) is 8.26. The van der Waals surface area contributed by atoms with Crippen LogP contribution >= 0.6 is 11.6 Å². The lowest BCUT2D eigenvalue weighted by Crippen LogP contribution is -2.36. The normalized spacial score (nSPS) is 14.1. The van der Waals surface area contributed by atoms with E-state index in [1.807, 2.05) is 6.92 Å². The van der Waals surface area contributed by atoms with E-state index in [0.717, 1.165) is 0 Å². The molecular weight excluding hydrogens is 413 g/mol. The topological polar surface area (TPSA) is 106 Å². The molecule has 1 aliphatic rings. The van der Waals surface area contributed by atoms with Crippen LogP contribution in [0.1, 0.15) is 34.3 Å². The molecule has 10 heteroatoms. The van der Waals surface area contributed by atoms with Gasteiger partial charge in [-0.25, -0.2) is 4.39 Å². The lowest BCUT2D eigenvalue weighted by Gasteiger charge is -2.14. The van der Waals surface area contributed by atoms with Crippen LogP contribution in [0.5, 0.6) is 0 Å². The van der Waals surface area contributed by atoms with Crippen molar-refractivity contribution in [1.29, 1.82) is 5.26 Å². The van der Waals surface area contributed by atoms with Gasteiger partial charge in [0, 0.05) is 24.2 Å². The van der Waals surface area contributed by atoms with Gasteiger partial charge in [0.05, 0.1) is 36.0 Å². The SMILES string of the molecule is CC(Cn1ccc(-c2cc(F)c(C#N)c(Cl)c2)n1)NC(=O)c1noc2c1COCC2. The van der Waals surface area contributed by atoms with Gasteiger partial charge in [0.2, 0.25) is 0 Å². The van der Waals surface area contributed by atoms with Crippen LogP contribution in [-0.4, -0.2) is 33.5 Å². The molecule has 0 spiro atoms. The number of fused-ring (bicyclic) bond motifs is 1. The van der Waals surface area contributed by atoms with Crippen LogP contribution in [0.25, 0.3) is 11.3 Å². The molecule has 0 saturated heterocycles. The monoisotopic (exact) mass is 429 g/mol. The number of hydrogen-bond acceptors (Lipinski definition) is 6. The number of halogens is 2. The summed E-state index contributed by atoms with van der Waals surface area (Å²) >= 11 is 5.97. The zero-order valence-electron chi connectivity index (χ0n) is 16.0. The van der Waals surface area contributed by atoms with E-state index in [1.165, 1.54) is 12.1 Å². The van der Waals surface area contributed by atoms with E-state index in [-0.39, 0.29) is 28.2 Å². The molecule has 0 radical (unpaired) electrons. The molecule has 0 saturated carbocycles. The number of rotatable bonds is 5. The van der Waals surface area contributed by atoms with Gasteiger partial charge < -0.3 is 14.6 Å². The van der Waals surface area contributed by atoms with Crippen LogP contribution in [0.2, 0.25) is 5.02 Å². The van der Waals surface area contributed by atoms with Crippen LogP contribution in [0.3, 0.4) is 0 Å². The summed E-state index contributed by atoms with van der Waals surface area (Å²) in [5.74, 6) is -0.356. The summed E-state index contributed by atoms with van der Waals surface area (Å²) in [5, 5.41) is 20.1. The number of hydrogen-bond donors (Lipinski definition) is 1. The van der Waals surface area contributed by atoms with E-state index in [4.69, 9.17) is 26.1 Å². The van der Waals surface area contributed by atoms with Crippen molar-refractivity contribution in [1.82, 2.24) is 20.3 Å². The average molecular weight is 430 g/mol. The summed E-state index contributed by atoms with van der Waals surface area (Å²) in [6, 6.07) is 5.89. The minimum absolute atomic E-state index is 0.0302. The predicted octanol–water partition coefficient (Wildman–Crippen LogP) is 3.09. The molecule has 1 N–H and O–H groups in total. The van der Waals surface area contributed by atoms with Crippen molar-refractivity contribution in [3.8, 4) is 17.3 Å². The third kappa shape index (κ3) is 3.92. The fourth-order valence-corrected chi connectivity index (χ4v) is 3.52. The Hall–Kier alpha value is -3.22. The van der Waals surface area contributed by atoms with Gasteiger partial charge in [-0.3, -0.25) is 9.48 Å². The highest BCUT2D eigenvalue weighted by atomic mass is 35.5. The Balaban J connectivity index is 1.43. The third-order valence-electron chi connectivity index (χ3n) is 4.73. The van der Waals surface area contributed by atoms with Crippen molar-refractivity contribution in [2.24, 2.45) is 0 Å². The van der Waals surface area contributed by atoms with Gasteiger partial charge in [0.1, 0.15) is 23.2 Å². The molecule has 1 unspecified atom stereocenters. The Morgan fingerprint density at radius 2 is 2.33 bits per heavy atom. The first kappa shape index (κ1) is 20.1. The smallest absolute Gasteiger partial charge is 0.274 e. The molecule has 4 rings (SSSR count). The molecule has 1 aliphatic heterocycles. The molecule has 1 atom stereocenters. The molecule has 3 heterocycles. The van der Waals surface area contributed by atoms with Crippen LogP contribution in [0.15, 0.2) is 28.9 Å². The van der Waals surface area contributed by atoms with Gasteiger partial charge in [-0.15, -0.1) is 0 Å². The fourth-order valence-electron chi connectivity index (χ4n) is 3.27. The first-order valence-electron chi connectivity index (χ1n) is 9.25. The number of ether oxygens (including phenoxy) is 1. The van der Waals surface area contributed by atoms with Crippen molar-refractivity contribution in [2.45, 2.75) is 32.5 Å². The summed E-state index contributed by atoms with van der Waals surface area (Å²) in [4.78, 5) is 12.5. The summed E-state index contributed by atoms with van der Waals surface area (Å²) in [6.45, 7) is 3.08. The molecule has 0 fully saturated rings. The lowest BCUT2D eigenvalue weighted by atomic mass is 10.1. The molecule has 1 aromatic carbocycles. The maximum Gasteiger partial charge on any atom is 0.274 e. The number of carbonyl (C=O) groups is 1. The predicted molar refractivity (Wildman–Crippen MR) is 104 cm³/mol. The highest BCUT2D eigenvalue weighted by molar-refractivity contribution is 6.32. The molecule has 1 amide bonds. The van der Waals surface area contributed by atoms with E-state index in [2.05, 4.69) is 15.6 Å². The van der Waals surface area contributed by atoms with Crippen molar-refractivity contribution in [3.63, 3.8) is 0 Å². The molecular formula is C20H17ClFN5O3. The molecule has 8 nitrogen and oxygen atoms in total. The second-order valence-electron chi connectivity index (χ2n) is 6.96. The van der Waals surface area contributed by atoms with Gasteiger partial charge in [0.25, 0.3) is 5.91 Å². The van der Waals surface area contributed by atoms with E-state index >= 15 is 0 Å². The van der Waals surface area contributed by atoms with Gasteiger partial charge in [-0.05, 0) is 25.1 Å². The van der Waals surface area contributed by atoms with Crippen molar-refractivity contribution in [2.75, 3.05) is 6.61 Å². The number of carbonyl (C=O) groups excluding carboxylic acids is 1. The number of amides is 1. The maximum atomic E-state index is 14.0. The molecule has 30 heavy (non-hydrogen) atoms. The number of nitriles is 1. The third-order valence-corrected chi connectivity index (χ3v) is 5.03. The molecule has 0 aliphatic carbocycles. The first-order chi connectivity index (χ1) is 14.5. The van der Waals surface area contributed by atoms with Crippen LogP contribution in [-0.2, 0) is 24.3 Å². The first-order valence-corrected chi connectivity index (χ1v) is 9.63. The van der Waals surface area contributed by atoms with Gasteiger partial charge in [-0.2, -0.15) is 10.4 Å². The molecule has 154 valence electrons. The summed E-state index contributed by atoms with van der Waals surface area (Å²) < 4.78 is 26.2. The minimum atomic E-state index is -0.699. The molecule has 2 aromatic heterocycles. The van der Waals surface area contributed by atoms with Gasteiger partial charge in [0.15, 0.2) is 5.69 Å². The van der Waals surface area contributed by atoms with Crippen molar-refractivity contribution < 1.29 is 18.4 Å². The summed E-state index contributed by atoms with van der Waals surface area (Å²) in [6.07, 6.45) is 2.31. The molecule has 0 bridgehead atoms. The van der Waals surface area contributed by atoms with E-state index in [1.54, 1.807) is 23.0 Å². The van der Waals surface area contributed by atoms with Crippen molar-refractivity contribution >= 4 is 17.5 Å². The lowest BCUT2D eigenvalue weighted by molar-refractivity contribution is 0.0908. The van der Waals surface area contributed by atoms with E-state index in [9.17, 15) is 9.18 Å². The average Bonchev–Trinajstić information content (AvgIpc) is 3.34. The summed E-state index contributed by atoms with van der Waals surface area (Å²) in [5.41, 5.74) is 1.69. The molecule has 3 aromatic rings. The fraction of sp³-hybridized carbons (Fsp3) is 0.300. The van der Waals surface area contributed by atoms with Gasteiger partial charge in [-0.1, -0.05) is 16.8 Å². The van der Waals surface area contributed by atoms with Gasteiger partial charge >= 0.3 is 0 Å². The number of nitrogens with zero attached hydrogens (tertiary/aromatic N) is 4. The quantitative estimate of drug-likeness (QED) is 0.668. The number of benzene rings is 1. The zero-order chi connectivity index (χ0) is 21.3. The Bertz CT molecular complexity index is 1130. The van der Waals surface area contributed by atoms with E-state index in [0.29, 0.717) is 48.8 Å². The van der Waals surface area contributed by atoms with Crippen LogP contribution in [0.4, 0.5) is 4.39 Å². The number of nitrogens with one attached hydrogen (secondary N) is 1.